The van der Waals surface area contributed by atoms with E-state index in [-0.39, 0.29) is 0 Å². The van der Waals surface area contributed by atoms with Gasteiger partial charge in [-0.25, -0.2) is 0 Å². The highest BCUT2D eigenvalue weighted by molar-refractivity contribution is 4.82. The lowest BCUT2D eigenvalue weighted by Gasteiger charge is -2.30. The van der Waals surface area contributed by atoms with Crippen LogP contribution >= 0.6 is 0 Å². The molecule has 2 fully saturated rings. The predicted octanol–water partition coefficient (Wildman–Crippen LogP) is 2.69. The Hall–Kier alpha value is -0.0400. The van der Waals surface area contributed by atoms with E-state index in [9.17, 15) is 0 Å². The summed E-state index contributed by atoms with van der Waals surface area (Å²) in [4.78, 5) is 0. The second kappa shape index (κ2) is 3.78. The summed E-state index contributed by atoms with van der Waals surface area (Å²) < 4.78 is 0. The highest BCUT2D eigenvalue weighted by atomic mass is 14.6. The summed E-state index contributed by atoms with van der Waals surface area (Å²) in [5.41, 5.74) is 6.04. The first-order chi connectivity index (χ1) is 5.86. The highest BCUT2D eigenvalue weighted by Crippen LogP contribution is 2.38. The molecule has 2 unspecified atom stereocenters. The van der Waals surface area contributed by atoms with Crippen molar-refractivity contribution in [3.63, 3.8) is 0 Å². The van der Waals surface area contributed by atoms with Crippen molar-refractivity contribution in [3.05, 3.63) is 0 Å². The summed E-state index contributed by atoms with van der Waals surface area (Å²) >= 11 is 0. The van der Waals surface area contributed by atoms with Crippen molar-refractivity contribution in [1.82, 2.24) is 0 Å². The van der Waals surface area contributed by atoms with Gasteiger partial charge in [0.1, 0.15) is 0 Å². The second-order valence-electron chi connectivity index (χ2n) is 4.73. The Labute approximate surface area is 75.7 Å². The first kappa shape index (κ1) is 8.55. The number of rotatable bonds is 0. The molecule has 0 spiro atoms. The quantitative estimate of drug-likeness (QED) is 0.590. The zero-order chi connectivity index (χ0) is 8.39. The van der Waals surface area contributed by atoms with Crippen LogP contribution in [0.1, 0.15) is 51.4 Å². The van der Waals surface area contributed by atoms with E-state index in [1.807, 2.05) is 0 Å². The third kappa shape index (κ3) is 1.82. The van der Waals surface area contributed by atoms with Gasteiger partial charge >= 0.3 is 0 Å². The number of fused-ring (bicyclic) bond motifs is 1. The molecule has 0 aromatic carbocycles. The Morgan fingerprint density at radius 3 is 2.25 bits per heavy atom. The van der Waals surface area contributed by atoms with Crippen LogP contribution in [0.4, 0.5) is 0 Å². The van der Waals surface area contributed by atoms with Crippen molar-refractivity contribution in [2.75, 3.05) is 0 Å². The minimum absolute atomic E-state index is 0.526. The fourth-order valence-corrected chi connectivity index (χ4v) is 3.12. The predicted molar refractivity (Wildman–Crippen MR) is 51.9 cm³/mol. The van der Waals surface area contributed by atoms with Crippen molar-refractivity contribution in [3.8, 4) is 0 Å². The van der Waals surface area contributed by atoms with Gasteiger partial charge < -0.3 is 5.73 Å². The number of nitrogens with two attached hydrogens (primary N) is 1. The zero-order valence-electron chi connectivity index (χ0n) is 7.97. The molecule has 1 nitrogen and oxygen atoms in total. The van der Waals surface area contributed by atoms with Crippen molar-refractivity contribution >= 4 is 0 Å². The van der Waals surface area contributed by atoms with Gasteiger partial charge in [-0.2, -0.15) is 0 Å². The molecule has 2 rings (SSSR count). The maximum absolute atomic E-state index is 6.04. The molecule has 2 saturated carbocycles. The maximum atomic E-state index is 6.04. The highest BCUT2D eigenvalue weighted by Gasteiger charge is 2.28. The first-order valence-electron chi connectivity index (χ1n) is 5.62. The summed E-state index contributed by atoms with van der Waals surface area (Å²) in [6.07, 6.45) is 11.4. The number of hydrogen-bond acceptors (Lipinski definition) is 1. The molecule has 0 aromatic rings. The Balaban J connectivity index is 1.96. The van der Waals surface area contributed by atoms with Crippen LogP contribution in [-0.4, -0.2) is 6.04 Å². The molecule has 2 aliphatic carbocycles. The Morgan fingerprint density at radius 1 is 0.750 bits per heavy atom. The van der Waals surface area contributed by atoms with Gasteiger partial charge in [0.25, 0.3) is 0 Å². The van der Waals surface area contributed by atoms with E-state index in [0.717, 1.165) is 11.8 Å². The fraction of sp³-hybridized carbons (Fsp3) is 1.00. The van der Waals surface area contributed by atoms with Crippen molar-refractivity contribution in [2.24, 2.45) is 17.6 Å². The summed E-state index contributed by atoms with van der Waals surface area (Å²) in [7, 11) is 0. The molecule has 3 atom stereocenters. The van der Waals surface area contributed by atoms with E-state index in [1.165, 1.54) is 51.4 Å². The van der Waals surface area contributed by atoms with E-state index >= 15 is 0 Å². The van der Waals surface area contributed by atoms with Crippen molar-refractivity contribution < 1.29 is 0 Å². The molecule has 0 saturated heterocycles. The molecule has 0 aliphatic heterocycles. The molecule has 0 aromatic heterocycles. The van der Waals surface area contributed by atoms with Gasteiger partial charge in [-0.1, -0.05) is 38.5 Å². The van der Waals surface area contributed by atoms with Crippen molar-refractivity contribution in [2.45, 2.75) is 57.4 Å². The van der Waals surface area contributed by atoms with Crippen LogP contribution in [0.15, 0.2) is 0 Å². The van der Waals surface area contributed by atoms with Gasteiger partial charge in [-0.15, -0.1) is 0 Å². The lowest BCUT2D eigenvalue weighted by Crippen LogP contribution is -2.25. The summed E-state index contributed by atoms with van der Waals surface area (Å²) in [5, 5.41) is 0. The van der Waals surface area contributed by atoms with E-state index < -0.39 is 0 Å². The van der Waals surface area contributed by atoms with E-state index in [2.05, 4.69) is 0 Å². The van der Waals surface area contributed by atoms with Gasteiger partial charge in [0.05, 0.1) is 0 Å². The third-order valence-electron chi connectivity index (χ3n) is 3.82. The molecule has 1 heteroatoms. The van der Waals surface area contributed by atoms with Crippen LogP contribution in [0.2, 0.25) is 0 Å². The largest absolute Gasteiger partial charge is 0.328 e. The average molecular weight is 167 g/mol. The van der Waals surface area contributed by atoms with Crippen LogP contribution in [0, 0.1) is 11.8 Å². The van der Waals surface area contributed by atoms with Crippen LogP contribution in [0.5, 0.6) is 0 Å². The average Bonchev–Trinajstić information content (AvgIpc) is 2.25. The van der Waals surface area contributed by atoms with E-state index in [1.54, 1.807) is 0 Å². The van der Waals surface area contributed by atoms with Crippen molar-refractivity contribution in [1.29, 1.82) is 0 Å². The minimum atomic E-state index is 0.526. The minimum Gasteiger partial charge on any atom is -0.328 e. The van der Waals surface area contributed by atoms with Crippen LogP contribution < -0.4 is 5.73 Å². The molecule has 2 N–H and O–H groups in total. The molecule has 0 radical (unpaired) electrons. The molecule has 0 amide bonds. The molecule has 2 aliphatic rings. The number of hydrogen-bond donors (Lipinski definition) is 1. The van der Waals surface area contributed by atoms with Gasteiger partial charge in [-0.05, 0) is 24.7 Å². The molecule has 12 heavy (non-hydrogen) atoms. The summed E-state index contributed by atoms with van der Waals surface area (Å²) in [6.45, 7) is 0. The summed E-state index contributed by atoms with van der Waals surface area (Å²) in [6, 6.07) is 0.526. The SMILES string of the molecule is NC1CCCC2CCCC[C@@H]2C1. The normalized spacial score (nSPS) is 43.2. The second-order valence-corrected chi connectivity index (χ2v) is 4.73. The Morgan fingerprint density at radius 2 is 1.42 bits per heavy atom. The maximum Gasteiger partial charge on any atom is 0.00415 e. The van der Waals surface area contributed by atoms with Crippen LogP contribution in [-0.2, 0) is 0 Å². The zero-order valence-corrected chi connectivity index (χ0v) is 7.97. The van der Waals surface area contributed by atoms with Gasteiger partial charge in [-0.3, -0.25) is 0 Å². The fourth-order valence-electron chi connectivity index (χ4n) is 3.12. The monoisotopic (exact) mass is 167 g/mol. The van der Waals surface area contributed by atoms with Gasteiger partial charge in [0.2, 0.25) is 0 Å². The van der Waals surface area contributed by atoms with Crippen LogP contribution in [0.3, 0.4) is 0 Å². The van der Waals surface area contributed by atoms with E-state index in [4.69, 9.17) is 5.73 Å². The van der Waals surface area contributed by atoms with Crippen LogP contribution in [0.25, 0.3) is 0 Å². The molecular weight excluding hydrogens is 146 g/mol. The molecule has 0 bridgehead atoms. The summed E-state index contributed by atoms with van der Waals surface area (Å²) in [5.74, 6) is 2.04. The van der Waals surface area contributed by atoms with E-state index in [0.29, 0.717) is 6.04 Å². The lowest BCUT2D eigenvalue weighted by atomic mass is 9.76. The lowest BCUT2D eigenvalue weighted by molar-refractivity contribution is 0.220. The topological polar surface area (TPSA) is 26.0 Å². The third-order valence-corrected chi connectivity index (χ3v) is 3.82. The molecule has 0 heterocycles. The Kier molecular flexibility index (Phi) is 2.69. The molecule has 70 valence electrons. The smallest absolute Gasteiger partial charge is 0.00415 e. The van der Waals surface area contributed by atoms with Gasteiger partial charge in [0, 0.05) is 6.04 Å². The Bertz CT molecular complexity index is 144. The van der Waals surface area contributed by atoms with Gasteiger partial charge in [0.15, 0.2) is 0 Å². The first-order valence-corrected chi connectivity index (χ1v) is 5.62. The standard InChI is InChI=1S/C11H21N/c12-11-7-3-6-9-4-1-2-5-10(9)8-11/h9-11H,1-8,12H2/t9?,10-,11?/m1/s1. The molecular formula is C11H21N.